The van der Waals surface area contributed by atoms with Crippen LogP contribution >= 0.6 is 11.6 Å². The lowest BCUT2D eigenvalue weighted by Crippen LogP contribution is -2.33. The van der Waals surface area contributed by atoms with Crippen molar-refractivity contribution in [2.45, 2.75) is 18.7 Å². The largest absolute Gasteiger partial charge is 0.343 e. The number of carbonyl (C=O) groups is 2. The first kappa shape index (κ1) is 21.8. The summed E-state index contributed by atoms with van der Waals surface area (Å²) < 4.78 is 26.6. The zero-order valence-corrected chi connectivity index (χ0v) is 17.0. The molecule has 2 N–H and O–H groups in total. The average molecular weight is 425 g/mol. The number of rotatable bonds is 8. The second-order valence-corrected chi connectivity index (χ2v) is 8.02. The van der Waals surface area contributed by atoms with E-state index in [0.717, 1.165) is 0 Å². The molecule has 150 valence electrons. The fraction of sp³-hybridized carbons (Fsp3) is 0.278. The predicted molar refractivity (Wildman–Crippen MR) is 107 cm³/mol. The lowest BCUT2D eigenvalue weighted by molar-refractivity contribution is -0.115. The third-order valence-corrected chi connectivity index (χ3v) is 6.40. The molecule has 1 heterocycles. The fourth-order valence-corrected chi connectivity index (χ4v) is 4.41. The Kier molecular flexibility index (Phi) is 7.50. The Morgan fingerprint density at radius 2 is 1.89 bits per heavy atom. The Balaban J connectivity index is 2.11. The summed E-state index contributed by atoms with van der Waals surface area (Å²) in [5, 5.41) is 5.06. The number of carbonyl (C=O) groups excluding carboxylic acids is 2. The van der Waals surface area contributed by atoms with Crippen LogP contribution in [-0.2, 0) is 14.8 Å². The van der Waals surface area contributed by atoms with Gasteiger partial charge in [-0.05, 0) is 30.3 Å². The molecule has 0 bridgehead atoms. The highest BCUT2D eigenvalue weighted by molar-refractivity contribution is 7.89. The van der Waals surface area contributed by atoms with E-state index in [2.05, 4.69) is 15.6 Å². The first-order chi connectivity index (χ1) is 13.3. The van der Waals surface area contributed by atoms with E-state index in [9.17, 15) is 18.0 Å². The van der Waals surface area contributed by atoms with Crippen molar-refractivity contribution in [1.82, 2.24) is 14.6 Å². The van der Waals surface area contributed by atoms with E-state index in [-0.39, 0.29) is 35.1 Å². The molecule has 0 atom stereocenters. The fourth-order valence-electron chi connectivity index (χ4n) is 2.45. The summed E-state index contributed by atoms with van der Waals surface area (Å²) in [6, 6.07) is 7.29. The van der Waals surface area contributed by atoms with Gasteiger partial charge in [0.25, 0.3) is 5.91 Å². The molecular weight excluding hydrogens is 404 g/mol. The van der Waals surface area contributed by atoms with Crippen LogP contribution in [0.5, 0.6) is 0 Å². The minimum atomic E-state index is -3.82. The lowest BCUT2D eigenvalue weighted by atomic mass is 10.2. The standard InChI is InChI=1S/C18H21ClN4O4S/c1-3-23(4-2)28(26,27)16-10-13(7-8-15(16)19)18(25)21-12-17(24)22-14-6-5-9-20-11-14/h5-11H,3-4,12H2,1-2H3,(H,21,25)(H,22,24). The zero-order chi connectivity index (χ0) is 20.7. The third-order valence-electron chi connectivity index (χ3n) is 3.87. The molecular formula is C18H21ClN4O4S. The number of sulfonamides is 1. The highest BCUT2D eigenvalue weighted by atomic mass is 35.5. The van der Waals surface area contributed by atoms with Crippen LogP contribution in [0.1, 0.15) is 24.2 Å². The van der Waals surface area contributed by atoms with Gasteiger partial charge in [0.2, 0.25) is 15.9 Å². The molecule has 0 unspecified atom stereocenters. The summed E-state index contributed by atoms with van der Waals surface area (Å²) in [7, 11) is -3.82. The van der Waals surface area contributed by atoms with Gasteiger partial charge in [-0.25, -0.2) is 8.42 Å². The van der Waals surface area contributed by atoms with Crippen molar-refractivity contribution in [2.75, 3.05) is 25.0 Å². The van der Waals surface area contributed by atoms with Crippen molar-refractivity contribution in [2.24, 2.45) is 0 Å². The summed E-state index contributed by atoms with van der Waals surface area (Å²) >= 11 is 6.05. The molecule has 2 amide bonds. The van der Waals surface area contributed by atoms with Gasteiger partial charge in [-0.2, -0.15) is 4.31 Å². The first-order valence-corrected chi connectivity index (χ1v) is 10.4. The summed E-state index contributed by atoms with van der Waals surface area (Å²) in [6.07, 6.45) is 3.05. The maximum atomic E-state index is 12.7. The second-order valence-electron chi connectivity index (χ2n) is 5.71. The van der Waals surface area contributed by atoms with Crippen LogP contribution in [0.2, 0.25) is 5.02 Å². The molecule has 0 aliphatic rings. The number of amides is 2. The van der Waals surface area contributed by atoms with Gasteiger partial charge in [-0.3, -0.25) is 14.6 Å². The predicted octanol–water partition coefficient (Wildman–Crippen LogP) is 2.13. The number of halogens is 1. The van der Waals surface area contributed by atoms with E-state index in [1.165, 1.54) is 28.7 Å². The molecule has 0 spiro atoms. The van der Waals surface area contributed by atoms with Gasteiger partial charge in [0.15, 0.2) is 0 Å². The number of aromatic nitrogens is 1. The minimum absolute atomic E-state index is 0.0257. The van der Waals surface area contributed by atoms with Gasteiger partial charge in [-0.15, -0.1) is 0 Å². The Morgan fingerprint density at radius 3 is 2.50 bits per heavy atom. The molecule has 0 aliphatic heterocycles. The van der Waals surface area contributed by atoms with Crippen LogP contribution in [0, 0.1) is 0 Å². The second kappa shape index (κ2) is 9.63. The summed E-state index contributed by atoms with van der Waals surface area (Å²) in [5.41, 5.74) is 0.588. The molecule has 1 aromatic heterocycles. The van der Waals surface area contributed by atoms with Gasteiger partial charge in [0.1, 0.15) is 4.90 Å². The smallest absolute Gasteiger partial charge is 0.251 e. The van der Waals surface area contributed by atoms with Gasteiger partial charge < -0.3 is 10.6 Å². The number of hydrogen-bond donors (Lipinski definition) is 2. The number of anilines is 1. The molecule has 2 aromatic rings. The van der Waals surface area contributed by atoms with E-state index in [1.807, 2.05) is 0 Å². The molecule has 8 nitrogen and oxygen atoms in total. The molecule has 1 aromatic carbocycles. The van der Waals surface area contributed by atoms with Crippen molar-refractivity contribution in [3.05, 3.63) is 53.3 Å². The summed E-state index contributed by atoms with van der Waals surface area (Å²) in [4.78, 5) is 28.0. The zero-order valence-electron chi connectivity index (χ0n) is 15.5. The maximum Gasteiger partial charge on any atom is 0.251 e. The van der Waals surface area contributed by atoms with Crippen LogP contribution < -0.4 is 10.6 Å². The Labute approximate surface area is 169 Å². The SMILES string of the molecule is CCN(CC)S(=O)(=O)c1cc(C(=O)NCC(=O)Nc2cccnc2)ccc1Cl. The van der Waals surface area contributed by atoms with E-state index >= 15 is 0 Å². The monoisotopic (exact) mass is 424 g/mol. The van der Waals surface area contributed by atoms with E-state index in [4.69, 9.17) is 11.6 Å². The molecule has 28 heavy (non-hydrogen) atoms. The number of benzene rings is 1. The van der Waals surface area contributed by atoms with E-state index in [0.29, 0.717) is 5.69 Å². The van der Waals surface area contributed by atoms with Crippen LogP contribution in [0.25, 0.3) is 0 Å². The van der Waals surface area contributed by atoms with Gasteiger partial charge in [-0.1, -0.05) is 25.4 Å². The molecule has 2 rings (SSSR count). The average Bonchev–Trinajstić information content (AvgIpc) is 2.68. The lowest BCUT2D eigenvalue weighted by Gasteiger charge is -2.19. The topological polar surface area (TPSA) is 108 Å². The van der Waals surface area contributed by atoms with Crippen molar-refractivity contribution >= 4 is 39.1 Å². The van der Waals surface area contributed by atoms with Gasteiger partial charge in [0.05, 0.1) is 23.5 Å². The number of nitrogens with zero attached hydrogens (tertiary/aromatic N) is 2. The summed E-state index contributed by atoms with van der Waals surface area (Å²) in [5.74, 6) is -1.03. The number of pyridine rings is 1. The number of hydrogen-bond acceptors (Lipinski definition) is 5. The molecule has 10 heteroatoms. The minimum Gasteiger partial charge on any atom is -0.343 e. The van der Waals surface area contributed by atoms with Crippen LogP contribution in [0.3, 0.4) is 0 Å². The van der Waals surface area contributed by atoms with E-state index in [1.54, 1.807) is 32.2 Å². The van der Waals surface area contributed by atoms with Crippen LogP contribution in [0.15, 0.2) is 47.6 Å². The maximum absolute atomic E-state index is 12.7. The van der Waals surface area contributed by atoms with Crippen molar-refractivity contribution in [3.8, 4) is 0 Å². The number of nitrogens with one attached hydrogen (secondary N) is 2. The highest BCUT2D eigenvalue weighted by Gasteiger charge is 2.25. The normalized spacial score (nSPS) is 11.3. The molecule has 0 saturated carbocycles. The van der Waals surface area contributed by atoms with Gasteiger partial charge >= 0.3 is 0 Å². The third kappa shape index (κ3) is 5.28. The van der Waals surface area contributed by atoms with Crippen molar-refractivity contribution in [3.63, 3.8) is 0 Å². The molecule has 0 saturated heterocycles. The van der Waals surface area contributed by atoms with Crippen LogP contribution in [0.4, 0.5) is 5.69 Å². The summed E-state index contributed by atoms with van der Waals surface area (Å²) in [6.45, 7) is 3.70. The first-order valence-electron chi connectivity index (χ1n) is 8.57. The molecule has 0 aliphatic carbocycles. The van der Waals surface area contributed by atoms with Crippen molar-refractivity contribution in [1.29, 1.82) is 0 Å². The molecule has 0 fully saturated rings. The Bertz CT molecular complexity index is 947. The Hall–Kier alpha value is -2.49. The van der Waals surface area contributed by atoms with Crippen LogP contribution in [-0.4, -0.2) is 49.2 Å². The highest BCUT2D eigenvalue weighted by Crippen LogP contribution is 2.25. The van der Waals surface area contributed by atoms with Crippen molar-refractivity contribution < 1.29 is 18.0 Å². The molecule has 0 radical (unpaired) electrons. The van der Waals surface area contributed by atoms with Gasteiger partial charge in [0, 0.05) is 24.8 Å². The van der Waals surface area contributed by atoms with E-state index < -0.39 is 21.8 Å². The quantitative estimate of drug-likeness (QED) is 0.674. The Morgan fingerprint density at radius 1 is 1.18 bits per heavy atom.